The summed E-state index contributed by atoms with van der Waals surface area (Å²) in [5.74, 6) is 5.53. The van der Waals surface area contributed by atoms with Gasteiger partial charge in [0.1, 0.15) is 18.0 Å². The van der Waals surface area contributed by atoms with Gasteiger partial charge in [-0.15, -0.1) is 0 Å². The van der Waals surface area contributed by atoms with Crippen molar-refractivity contribution in [3.8, 4) is 17.6 Å². The van der Waals surface area contributed by atoms with E-state index in [0.717, 1.165) is 34.4 Å². The minimum absolute atomic E-state index is 0.180. The van der Waals surface area contributed by atoms with Crippen LogP contribution in [0.1, 0.15) is 53.1 Å². The highest BCUT2D eigenvalue weighted by atomic mass is 32.2. The first-order valence-electron chi connectivity index (χ1n) is 18.6. The largest absolute Gasteiger partial charge is 0.534 e. The van der Waals surface area contributed by atoms with E-state index in [9.17, 15) is 31.5 Å². The molecule has 58 heavy (non-hydrogen) atoms. The van der Waals surface area contributed by atoms with Crippen molar-refractivity contribution in [1.82, 2.24) is 0 Å². The van der Waals surface area contributed by atoms with Crippen molar-refractivity contribution in [1.29, 1.82) is 0 Å². The molecule has 1 aliphatic carbocycles. The first kappa shape index (κ1) is 40.7. The number of ether oxygens (including phenoxy) is 3. The Morgan fingerprint density at radius 2 is 1.17 bits per heavy atom. The fourth-order valence-electron chi connectivity index (χ4n) is 6.96. The van der Waals surface area contributed by atoms with Crippen LogP contribution in [-0.4, -0.2) is 48.9 Å². The van der Waals surface area contributed by atoms with Crippen LogP contribution in [-0.2, 0) is 48.9 Å². The molecule has 0 bridgehead atoms. The molecule has 3 unspecified atom stereocenters. The Bertz CT molecular complexity index is 2260. The molecule has 7 rings (SSSR count). The summed E-state index contributed by atoms with van der Waals surface area (Å²) < 4.78 is 84.7. The zero-order valence-corrected chi connectivity index (χ0v) is 31.9. The lowest BCUT2D eigenvalue weighted by Crippen LogP contribution is -2.59. The van der Waals surface area contributed by atoms with Gasteiger partial charge >= 0.3 is 15.6 Å². The zero-order valence-electron chi connectivity index (χ0n) is 31.1. The number of hydrogen-bond acceptors (Lipinski definition) is 8. The summed E-state index contributed by atoms with van der Waals surface area (Å²) in [4.78, 5) is 14.2. The summed E-state index contributed by atoms with van der Waals surface area (Å²) in [6.45, 7) is 0.856. The van der Waals surface area contributed by atoms with Gasteiger partial charge in [0.25, 0.3) is 0 Å². The Morgan fingerprint density at radius 3 is 1.64 bits per heavy atom. The fraction of sp³-hybridized carbons (Fsp3) is 0.267. The minimum atomic E-state index is -5.84. The van der Waals surface area contributed by atoms with Crippen LogP contribution in [0, 0.1) is 11.8 Å². The van der Waals surface area contributed by atoms with Crippen LogP contribution in [0.25, 0.3) is 0 Å². The maximum absolute atomic E-state index is 12.8. The van der Waals surface area contributed by atoms with Crippen LogP contribution in [0.2, 0.25) is 0 Å². The topological polar surface area (TPSA) is 112 Å². The number of halogens is 3. The first-order valence-corrected chi connectivity index (χ1v) is 20.0. The lowest BCUT2D eigenvalue weighted by molar-refractivity contribution is -0.205. The van der Waals surface area contributed by atoms with Crippen LogP contribution in [0.3, 0.4) is 0 Å². The van der Waals surface area contributed by atoms with Gasteiger partial charge in [-0.3, -0.25) is 4.79 Å². The van der Waals surface area contributed by atoms with Crippen molar-refractivity contribution < 1.29 is 49.9 Å². The SMILES string of the molecule is O=C1CC(c2ccc(C#CC3(O)C(OCc4ccccc4)CC(OCc4ccccc4)CC3OCc3ccccc3)cc2)N1c1ccc(OS(=O)(=O)C(F)(F)F)cc1. The van der Waals surface area contributed by atoms with E-state index in [1.807, 2.05) is 103 Å². The van der Waals surface area contributed by atoms with E-state index in [1.54, 1.807) is 12.1 Å². The average Bonchev–Trinajstić information content (AvgIpc) is 3.22. The molecule has 1 N–H and O–H groups in total. The van der Waals surface area contributed by atoms with Crippen LogP contribution in [0.15, 0.2) is 140 Å². The fourth-order valence-corrected chi connectivity index (χ4v) is 7.42. The summed E-state index contributed by atoms with van der Waals surface area (Å²) in [6.07, 6.45) is -0.950. The lowest BCUT2D eigenvalue weighted by atomic mass is 9.78. The van der Waals surface area contributed by atoms with E-state index in [4.69, 9.17) is 14.2 Å². The Kier molecular flexibility index (Phi) is 12.3. The highest BCUT2D eigenvalue weighted by Crippen LogP contribution is 2.40. The van der Waals surface area contributed by atoms with E-state index in [2.05, 4.69) is 16.0 Å². The number of alkyl halides is 3. The number of anilines is 1. The standard InChI is InChI=1S/C45H40F3NO8S/c46-45(47,48)58(52,53)57-38-22-20-37(21-23-38)49-40(28-43(49)50)36-18-16-32(17-19-36)24-25-44(51)41(55-30-34-12-6-2-7-13-34)26-39(54-29-33-10-4-1-5-11-33)27-42(44)56-31-35-14-8-3-9-15-35/h1-23,39-42,51H,26-31H2. The van der Waals surface area contributed by atoms with E-state index in [0.29, 0.717) is 30.7 Å². The quantitative estimate of drug-likeness (QED) is 0.0551. The lowest BCUT2D eigenvalue weighted by Gasteiger charge is -2.44. The number of hydrogen-bond donors (Lipinski definition) is 1. The number of benzene rings is 5. The van der Waals surface area contributed by atoms with Gasteiger partial charge in [0.15, 0.2) is 5.60 Å². The third-order valence-electron chi connectivity index (χ3n) is 10.1. The van der Waals surface area contributed by atoms with Crippen LogP contribution >= 0.6 is 0 Å². The average molecular weight is 812 g/mol. The van der Waals surface area contributed by atoms with E-state index in [1.165, 1.54) is 17.0 Å². The molecule has 13 heteroatoms. The second kappa shape index (κ2) is 17.6. The van der Waals surface area contributed by atoms with Gasteiger partial charge in [-0.25, -0.2) is 0 Å². The molecule has 300 valence electrons. The second-order valence-corrected chi connectivity index (χ2v) is 15.7. The van der Waals surface area contributed by atoms with Crippen molar-refractivity contribution in [2.24, 2.45) is 0 Å². The molecule has 0 aromatic heterocycles. The summed E-state index contributed by atoms with van der Waals surface area (Å²) in [7, 11) is -5.84. The molecule has 5 aromatic rings. The number of carbonyl (C=O) groups excluding carboxylic acids is 1. The molecule has 2 fully saturated rings. The summed E-state index contributed by atoms with van der Waals surface area (Å²) in [5, 5.41) is 12.6. The Labute approximate surface area is 335 Å². The summed E-state index contributed by atoms with van der Waals surface area (Å²) >= 11 is 0. The number of aliphatic hydroxyl groups is 1. The molecule has 1 heterocycles. The molecule has 0 radical (unpaired) electrons. The van der Waals surface area contributed by atoms with Crippen molar-refractivity contribution in [2.75, 3.05) is 4.90 Å². The van der Waals surface area contributed by atoms with Gasteiger partial charge in [0.2, 0.25) is 5.91 Å². The number of amides is 1. The summed E-state index contributed by atoms with van der Waals surface area (Å²) in [5.41, 5.74) is -2.70. The van der Waals surface area contributed by atoms with E-state index in [-0.39, 0.29) is 37.7 Å². The predicted molar refractivity (Wildman–Crippen MR) is 209 cm³/mol. The van der Waals surface area contributed by atoms with Crippen LogP contribution < -0.4 is 9.08 Å². The smallest absolute Gasteiger partial charge is 0.376 e. The predicted octanol–water partition coefficient (Wildman–Crippen LogP) is 8.03. The first-order chi connectivity index (χ1) is 27.9. The second-order valence-electron chi connectivity index (χ2n) is 14.1. The van der Waals surface area contributed by atoms with Crippen molar-refractivity contribution in [3.05, 3.63) is 167 Å². The number of carbonyl (C=O) groups is 1. The number of nitrogens with zero attached hydrogens (tertiary/aromatic N) is 1. The van der Waals surface area contributed by atoms with Crippen molar-refractivity contribution in [2.45, 2.75) is 74.5 Å². The summed E-state index contributed by atoms with van der Waals surface area (Å²) in [6, 6.07) is 40.8. The zero-order chi connectivity index (χ0) is 40.8. The molecule has 0 spiro atoms. The third kappa shape index (κ3) is 9.61. The Hall–Kier alpha value is -5.49. The Morgan fingerprint density at radius 1 is 0.690 bits per heavy atom. The normalized spacial score (nSPS) is 22.1. The van der Waals surface area contributed by atoms with Gasteiger partial charge in [0, 0.05) is 24.1 Å². The minimum Gasteiger partial charge on any atom is -0.376 e. The third-order valence-corrected chi connectivity index (χ3v) is 11.1. The molecule has 1 amide bonds. The molecular formula is C45H40F3NO8S. The number of β-lactam (4-membered cyclic amide) rings is 1. The Balaban J connectivity index is 1.11. The van der Waals surface area contributed by atoms with Gasteiger partial charge in [-0.1, -0.05) is 115 Å². The van der Waals surface area contributed by atoms with Crippen molar-refractivity contribution in [3.63, 3.8) is 0 Å². The van der Waals surface area contributed by atoms with Gasteiger partial charge in [-0.2, -0.15) is 21.6 Å². The highest BCUT2D eigenvalue weighted by molar-refractivity contribution is 7.88. The van der Waals surface area contributed by atoms with E-state index < -0.39 is 39.2 Å². The molecule has 2 aliphatic rings. The monoisotopic (exact) mass is 811 g/mol. The van der Waals surface area contributed by atoms with Crippen LogP contribution in [0.4, 0.5) is 18.9 Å². The molecule has 1 saturated carbocycles. The molecule has 3 atom stereocenters. The molecular weight excluding hydrogens is 772 g/mol. The number of rotatable bonds is 13. The molecule has 1 aliphatic heterocycles. The van der Waals surface area contributed by atoms with Gasteiger partial charge < -0.3 is 28.4 Å². The van der Waals surface area contributed by atoms with Gasteiger partial charge in [0.05, 0.1) is 38.4 Å². The van der Waals surface area contributed by atoms with Gasteiger partial charge in [-0.05, 0) is 58.7 Å². The molecule has 1 saturated heterocycles. The maximum atomic E-state index is 12.8. The van der Waals surface area contributed by atoms with Crippen LogP contribution in [0.5, 0.6) is 5.75 Å². The highest BCUT2D eigenvalue weighted by Gasteiger charge is 2.51. The molecule has 5 aromatic carbocycles. The van der Waals surface area contributed by atoms with E-state index >= 15 is 0 Å². The van der Waals surface area contributed by atoms with Crippen molar-refractivity contribution >= 4 is 21.7 Å². The molecule has 9 nitrogen and oxygen atoms in total. The maximum Gasteiger partial charge on any atom is 0.534 e.